The molecule has 0 aliphatic carbocycles. The number of methoxy groups -OCH3 is 1. The number of amides is 1. The molecule has 1 aliphatic heterocycles. The number of carbonyl (C=O) groups excluding carboxylic acids is 2. The number of ether oxygens (including phenoxy) is 1. The van der Waals surface area contributed by atoms with Crippen LogP contribution in [-0.2, 0) is 11.3 Å². The Bertz CT molecular complexity index is 726. The summed E-state index contributed by atoms with van der Waals surface area (Å²) in [5.41, 5.74) is 1.47. The number of nitrogens with one attached hydrogen (secondary N) is 1. The number of piperidine rings is 1. The van der Waals surface area contributed by atoms with E-state index in [4.69, 9.17) is 4.42 Å². The van der Waals surface area contributed by atoms with Crippen molar-refractivity contribution in [1.29, 1.82) is 0 Å². The van der Waals surface area contributed by atoms with Gasteiger partial charge in [-0.3, -0.25) is 4.79 Å². The van der Waals surface area contributed by atoms with E-state index in [1.54, 1.807) is 4.90 Å². The van der Waals surface area contributed by atoms with Crippen molar-refractivity contribution in [3.63, 3.8) is 0 Å². The number of nitrogens with zero attached hydrogens (tertiary/aromatic N) is 1. The molecule has 6 heteroatoms. The largest absolute Gasteiger partial charge is 0.465 e. The molecule has 1 saturated heterocycles. The average Bonchev–Trinajstić information content (AvgIpc) is 3.16. The smallest absolute Gasteiger partial charge is 0.341 e. The van der Waals surface area contributed by atoms with E-state index in [0.717, 1.165) is 19.4 Å². The molecule has 0 bridgehead atoms. The van der Waals surface area contributed by atoms with Crippen LogP contribution in [0.4, 0.5) is 0 Å². The lowest BCUT2D eigenvalue weighted by Gasteiger charge is -2.32. The van der Waals surface area contributed by atoms with E-state index in [1.165, 1.54) is 25.0 Å². The number of hydrogen-bond acceptors (Lipinski definition) is 5. The third-order valence-corrected chi connectivity index (χ3v) is 4.38. The molecule has 1 amide bonds. The molecular weight excluding hydrogens is 320 g/mol. The molecule has 1 fully saturated rings. The summed E-state index contributed by atoms with van der Waals surface area (Å²) in [7, 11) is 1.30. The fraction of sp³-hybridized carbons (Fsp3) is 0.368. The maximum Gasteiger partial charge on any atom is 0.341 e. The van der Waals surface area contributed by atoms with Gasteiger partial charge >= 0.3 is 5.97 Å². The van der Waals surface area contributed by atoms with Gasteiger partial charge in [0.15, 0.2) is 5.76 Å². The quantitative estimate of drug-likeness (QED) is 0.845. The molecule has 1 aliphatic rings. The number of benzene rings is 1. The predicted molar refractivity (Wildman–Crippen MR) is 92.3 cm³/mol. The summed E-state index contributed by atoms with van der Waals surface area (Å²) >= 11 is 0. The van der Waals surface area contributed by atoms with Gasteiger partial charge in [0.05, 0.1) is 12.7 Å². The first-order valence-corrected chi connectivity index (χ1v) is 8.41. The van der Waals surface area contributed by atoms with Crippen LogP contribution in [0.1, 0.15) is 39.3 Å². The van der Waals surface area contributed by atoms with Gasteiger partial charge in [-0.15, -0.1) is 0 Å². The van der Waals surface area contributed by atoms with E-state index >= 15 is 0 Å². The Morgan fingerprint density at radius 2 is 2.12 bits per heavy atom. The number of likely N-dealkylation sites (tertiary alicyclic amines) is 1. The standard InChI is InChI=1S/C19H22N2O4/c1-24-19(23)15-10-17(25-13-15)18(22)21-9-5-8-16(12-21)20-11-14-6-3-2-4-7-14/h2-4,6-7,10,13,16,20H,5,8-9,11-12H2,1H3. The Morgan fingerprint density at radius 1 is 1.32 bits per heavy atom. The van der Waals surface area contributed by atoms with Gasteiger partial charge in [-0.2, -0.15) is 0 Å². The number of rotatable bonds is 5. The van der Waals surface area contributed by atoms with E-state index in [9.17, 15) is 9.59 Å². The second-order valence-corrected chi connectivity index (χ2v) is 6.15. The van der Waals surface area contributed by atoms with E-state index in [-0.39, 0.29) is 23.3 Å². The minimum atomic E-state index is -0.510. The van der Waals surface area contributed by atoms with Crippen molar-refractivity contribution < 1.29 is 18.7 Å². The van der Waals surface area contributed by atoms with Crippen molar-refractivity contribution >= 4 is 11.9 Å². The maximum atomic E-state index is 12.6. The Balaban J connectivity index is 1.58. The minimum absolute atomic E-state index is 0.170. The van der Waals surface area contributed by atoms with E-state index < -0.39 is 5.97 Å². The fourth-order valence-electron chi connectivity index (χ4n) is 3.02. The Hall–Kier alpha value is -2.60. The van der Waals surface area contributed by atoms with Crippen LogP contribution in [0.3, 0.4) is 0 Å². The van der Waals surface area contributed by atoms with Crippen molar-refractivity contribution in [3.8, 4) is 0 Å². The molecule has 0 spiro atoms. The Kier molecular flexibility index (Phi) is 5.50. The lowest BCUT2D eigenvalue weighted by atomic mass is 10.0. The van der Waals surface area contributed by atoms with Gasteiger partial charge in [-0.25, -0.2) is 4.79 Å². The Morgan fingerprint density at radius 3 is 2.88 bits per heavy atom. The summed E-state index contributed by atoms with van der Waals surface area (Å²) < 4.78 is 9.89. The van der Waals surface area contributed by atoms with Crippen LogP contribution in [0.2, 0.25) is 0 Å². The lowest BCUT2D eigenvalue weighted by molar-refractivity contribution is 0.0599. The fourth-order valence-corrected chi connectivity index (χ4v) is 3.02. The summed E-state index contributed by atoms with van der Waals surface area (Å²) in [6.45, 7) is 2.09. The molecule has 25 heavy (non-hydrogen) atoms. The second-order valence-electron chi connectivity index (χ2n) is 6.15. The van der Waals surface area contributed by atoms with Crippen LogP contribution in [0.15, 0.2) is 47.1 Å². The third kappa shape index (κ3) is 4.28. The predicted octanol–water partition coefficient (Wildman–Crippen LogP) is 2.46. The van der Waals surface area contributed by atoms with Crippen molar-refractivity contribution in [2.24, 2.45) is 0 Å². The van der Waals surface area contributed by atoms with Crippen LogP contribution in [0.25, 0.3) is 0 Å². The van der Waals surface area contributed by atoms with Gasteiger partial charge < -0.3 is 19.4 Å². The van der Waals surface area contributed by atoms with Crippen LogP contribution in [0, 0.1) is 0 Å². The molecule has 1 aromatic heterocycles. The zero-order chi connectivity index (χ0) is 17.6. The van der Waals surface area contributed by atoms with Crippen molar-refractivity contribution in [2.45, 2.75) is 25.4 Å². The second kappa shape index (κ2) is 7.98. The molecule has 6 nitrogen and oxygen atoms in total. The topological polar surface area (TPSA) is 71.8 Å². The number of furan rings is 1. The third-order valence-electron chi connectivity index (χ3n) is 4.38. The van der Waals surface area contributed by atoms with Crippen molar-refractivity contribution in [1.82, 2.24) is 10.2 Å². The molecule has 0 saturated carbocycles. The first kappa shape index (κ1) is 17.2. The first-order valence-electron chi connectivity index (χ1n) is 8.41. The van der Waals surface area contributed by atoms with Crippen LogP contribution >= 0.6 is 0 Å². The summed E-state index contributed by atoms with van der Waals surface area (Å²) in [5, 5.41) is 3.51. The van der Waals surface area contributed by atoms with Crippen LogP contribution in [0.5, 0.6) is 0 Å². The molecule has 3 rings (SSSR count). The van der Waals surface area contributed by atoms with Crippen LogP contribution in [-0.4, -0.2) is 43.0 Å². The first-order chi connectivity index (χ1) is 12.2. The normalized spacial score (nSPS) is 17.3. The SMILES string of the molecule is COC(=O)c1coc(C(=O)N2CCCC(NCc3ccccc3)C2)c1. The highest BCUT2D eigenvalue weighted by atomic mass is 16.5. The minimum Gasteiger partial charge on any atom is -0.465 e. The Labute approximate surface area is 146 Å². The number of hydrogen-bond donors (Lipinski definition) is 1. The molecular formula is C19H22N2O4. The van der Waals surface area contributed by atoms with Gasteiger partial charge in [-0.1, -0.05) is 30.3 Å². The van der Waals surface area contributed by atoms with E-state index in [0.29, 0.717) is 13.1 Å². The summed E-state index contributed by atoms with van der Waals surface area (Å²) in [5.74, 6) is -0.533. The lowest BCUT2D eigenvalue weighted by Crippen LogP contribution is -2.47. The molecule has 1 N–H and O–H groups in total. The maximum absolute atomic E-state index is 12.6. The van der Waals surface area contributed by atoms with Gasteiger partial charge in [0, 0.05) is 31.7 Å². The van der Waals surface area contributed by atoms with Crippen molar-refractivity contribution in [2.75, 3.05) is 20.2 Å². The summed E-state index contributed by atoms with van der Waals surface area (Å²) in [6.07, 6.45) is 3.22. The zero-order valence-electron chi connectivity index (χ0n) is 14.2. The van der Waals surface area contributed by atoms with Gasteiger partial charge in [-0.05, 0) is 18.4 Å². The molecule has 2 aromatic rings. The summed E-state index contributed by atoms with van der Waals surface area (Å²) in [4.78, 5) is 25.8. The van der Waals surface area contributed by atoms with Gasteiger partial charge in [0.1, 0.15) is 6.26 Å². The summed E-state index contributed by atoms with van der Waals surface area (Å²) in [6, 6.07) is 11.9. The number of esters is 1. The molecule has 1 atom stereocenters. The zero-order valence-corrected chi connectivity index (χ0v) is 14.2. The molecule has 132 valence electrons. The highest BCUT2D eigenvalue weighted by molar-refractivity contribution is 5.96. The monoisotopic (exact) mass is 342 g/mol. The van der Waals surface area contributed by atoms with E-state index in [2.05, 4.69) is 22.2 Å². The van der Waals surface area contributed by atoms with Crippen molar-refractivity contribution in [3.05, 3.63) is 59.5 Å². The van der Waals surface area contributed by atoms with Gasteiger partial charge in [0.25, 0.3) is 5.91 Å². The average molecular weight is 342 g/mol. The molecule has 2 heterocycles. The highest BCUT2D eigenvalue weighted by Crippen LogP contribution is 2.17. The van der Waals surface area contributed by atoms with E-state index in [1.807, 2.05) is 18.2 Å². The van der Waals surface area contributed by atoms with Crippen LogP contribution < -0.4 is 5.32 Å². The molecule has 0 radical (unpaired) electrons. The molecule has 1 aromatic carbocycles. The molecule has 1 unspecified atom stereocenters. The number of carbonyl (C=O) groups is 2. The highest BCUT2D eigenvalue weighted by Gasteiger charge is 2.26. The van der Waals surface area contributed by atoms with Gasteiger partial charge in [0.2, 0.25) is 0 Å².